The van der Waals surface area contributed by atoms with Crippen LogP contribution in [0.15, 0.2) is 12.2 Å². The average Bonchev–Trinajstić information content (AvgIpc) is 1.96. The summed E-state index contributed by atoms with van der Waals surface area (Å²) < 4.78 is 9.90. The third kappa shape index (κ3) is 1.57. The maximum absolute atomic E-state index is 10.8. The van der Waals surface area contributed by atoms with Gasteiger partial charge in [0.05, 0.1) is 18.8 Å². The van der Waals surface area contributed by atoms with E-state index in [1.165, 1.54) is 0 Å². The van der Waals surface area contributed by atoms with Gasteiger partial charge in [0.1, 0.15) is 6.10 Å². The van der Waals surface area contributed by atoms with E-state index in [0.717, 1.165) is 0 Å². The van der Waals surface area contributed by atoms with Gasteiger partial charge >= 0.3 is 5.97 Å². The van der Waals surface area contributed by atoms with Crippen molar-refractivity contribution < 1.29 is 14.3 Å². The summed E-state index contributed by atoms with van der Waals surface area (Å²) in [6.45, 7) is 6.04. The third-order valence-corrected chi connectivity index (χ3v) is 1.23. The SMILES string of the molecule is C=C1COCC(C)OC1=O. The smallest absolute Gasteiger partial charge is 0.336 e. The highest BCUT2D eigenvalue weighted by Gasteiger charge is 2.17. The van der Waals surface area contributed by atoms with Crippen molar-refractivity contribution in [3.8, 4) is 0 Å². The molecule has 0 aromatic carbocycles. The second-order valence-corrected chi connectivity index (χ2v) is 2.33. The van der Waals surface area contributed by atoms with Crippen LogP contribution in [0.25, 0.3) is 0 Å². The summed E-state index contributed by atoms with van der Waals surface area (Å²) in [5.41, 5.74) is 0.393. The number of ether oxygens (including phenoxy) is 2. The lowest BCUT2D eigenvalue weighted by molar-refractivity contribution is -0.142. The van der Waals surface area contributed by atoms with Gasteiger partial charge in [-0.1, -0.05) is 6.58 Å². The Balaban J connectivity index is 2.57. The first-order chi connectivity index (χ1) is 4.70. The Hall–Kier alpha value is -0.830. The highest BCUT2D eigenvalue weighted by atomic mass is 16.6. The zero-order chi connectivity index (χ0) is 7.56. The molecular weight excluding hydrogens is 132 g/mol. The highest BCUT2D eigenvalue weighted by molar-refractivity contribution is 5.88. The molecule has 1 rings (SSSR count). The van der Waals surface area contributed by atoms with Gasteiger partial charge in [-0.2, -0.15) is 0 Å². The molecule has 0 radical (unpaired) electrons. The second-order valence-electron chi connectivity index (χ2n) is 2.33. The first-order valence-corrected chi connectivity index (χ1v) is 3.16. The number of carbonyl (C=O) groups is 1. The summed E-state index contributed by atoms with van der Waals surface area (Å²) in [6.07, 6.45) is -0.147. The lowest BCUT2D eigenvalue weighted by atomic mass is 10.3. The number of carbonyl (C=O) groups excluding carboxylic acids is 1. The number of hydrogen-bond acceptors (Lipinski definition) is 3. The molecule has 0 saturated carbocycles. The van der Waals surface area contributed by atoms with Gasteiger partial charge in [0.2, 0.25) is 0 Å². The Bertz CT molecular complexity index is 162. The molecule has 0 aliphatic carbocycles. The Morgan fingerprint density at radius 3 is 3.10 bits per heavy atom. The Morgan fingerprint density at radius 2 is 2.40 bits per heavy atom. The minimum Gasteiger partial charge on any atom is -0.457 e. The number of hydrogen-bond donors (Lipinski definition) is 0. The van der Waals surface area contributed by atoms with Crippen molar-refractivity contribution in [1.29, 1.82) is 0 Å². The summed E-state index contributed by atoms with van der Waals surface area (Å²) in [5, 5.41) is 0. The molecule has 0 aromatic rings. The molecule has 1 aliphatic heterocycles. The zero-order valence-corrected chi connectivity index (χ0v) is 5.92. The van der Waals surface area contributed by atoms with E-state index in [-0.39, 0.29) is 12.1 Å². The molecule has 1 unspecified atom stereocenters. The van der Waals surface area contributed by atoms with E-state index in [9.17, 15) is 4.79 Å². The molecule has 1 heterocycles. The number of cyclic esters (lactones) is 1. The Morgan fingerprint density at radius 1 is 1.70 bits per heavy atom. The first-order valence-electron chi connectivity index (χ1n) is 3.16. The van der Waals surface area contributed by atoms with Crippen LogP contribution >= 0.6 is 0 Å². The Kier molecular flexibility index (Phi) is 2.06. The van der Waals surface area contributed by atoms with Crippen molar-refractivity contribution >= 4 is 5.97 Å². The second kappa shape index (κ2) is 2.84. The molecule has 56 valence electrons. The van der Waals surface area contributed by atoms with Crippen LogP contribution in [0.3, 0.4) is 0 Å². The van der Waals surface area contributed by atoms with Crippen LogP contribution in [0.2, 0.25) is 0 Å². The van der Waals surface area contributed by atoms with Crippen LogP contribution in [-0.2, 0) is 14.3 Å². The summed E-state index contributed by atoms with van der Waals surface area (Å²) in [7, 11) is 0. The maximum Gasteiger partial charge on any atom is 0.336 e. The molecule has 3 heteroatoms. The van der Waals surface area contributed by atoms with Gasteiger partial charge in [-0.05, 0) is 6.92 Å². The van der Waals surface area contributed by atoms with Gasteiger partial charge < -0.3 is 9.47 Å². The lowest BCUT2D eigenvalue weighted by Crippen LogP contribution is -2.15. The topological polar surface area (TPSA) is 35.5 Å². The van der Waals surface area contributed by atoms with Gasteiger partial charge in [0.15, 0.2) is 0 Å². The van der Waals surface area contributed by atoms with Crippen LogP contribution in [0.1, 0.15) is 6.92 Å². The lowest BCUT2D eigenvalue weighted by Gasteiger charge is -2.05. The predicted molar refractivity (Wildman–Crippen MR) is 35.5 cm³/mol. The summed E-state index contributed by atoms with van der Waals surface area (Å²) in [4.78, 5) is 10.8. The van der Waals surface area contributed by atoms with E-state index < -0.39 is 0 Å². The van der Waals surface area contributed by atoms with E-state index in [4.69, 9.17) is 9.47 Å². The highest BCUT2D eigenvalue weighted by Crippen LogP contribution is 2.05. The van der Waals surface area contributed by atoms with E-state index in [2.05, 4.69) is 6.58 Å². The largest absolute Gasteiger partial charge is 0.457 e. The van der Waals surface area contributed by atoms with Crippen molar-refractivity contribution in [2.75, 3.05) is 13.2 Å². The van der Waals surface area contributed by atoms with Crippen LogP contribution < -0.4 is 0 Å². The molecule has 0 spiro atoms. The monoisotopic (exact) mass is 142 g/mol. The van der Waals surface area contributed by atoms with Gasteiger partial charge in [-0.3, -0.25) is 0 Å². The van der Waals surface area contributed by atoms with Crippen molar-refractivity contribution in [2.45, 2.75) is 13.0 Å². The first kappa shape index (κ1) is 7.28. The van der Waals surface area contributed by atoms with Crippen molar-refractivity contribution in [3.05, 3.63) is 12.2 Å². The van der Waals surface area contributed by atoms with Crippen LogP contribution in [0.5, 0.6) is 0 Å². The van der Waals surface area contributed by atoms with Crippen LogP contribution in [-0.4, -0.2) is 25.3 Å². The minimum absolute atomic E-state index is 0.147. The summed E-state index contributed by atoms with van der Waals surface area (Å²) in [6, 6.07) is 0. The summed E-state index contributed by atoms with van der Waals surface area (Å²) in [5.74, 6) is -0.343. The third-order valence-electron chi connectivity index (χ3n) is 1.23. The molecule has 0 N–H and O–H groups in total. The molecule has 1 atom stereocenters. The van der Waals surface area contributed by atoms with Crippen molar-refractivity contribution in [3.63, 3.8) is 0 Å². The molecule has 0 amide bonds. The van der Waals surface area contributed by atoms with E-state index in [0.29, 0.717) is 18.8 Å². The summed E-state index contributed by atoms with van der Waals surface area (Å²) >= 11 is 0. The van der Waals surface area contributed by atoms with Crippen LogP contribution in [0, 0.1) is 0 Å². The van der Waals surface area contributed by atoms with E-state index >= 15 is 0 Å². The van der Waals surface area contributed by atoms with Gasteiger partial charge in [-0.15, -0.1) is 0 Å². The van der Waals surface area contributed by atoms with Gasteiger partial charge in [-0.25, -0.2) is 4.79 Å². The fourth-order valence-corrected chi connectivity index (χ4v) is 0.707. The molecular formula is C7H10O3. The zero-order valence-electron chi connectivity index (χ0n) is 5.92. The van der Waals surface area contributed by atoms with E-state index in [1.54, 1.807) is 6.92 Å². The minimum atomic E-state index is -0.343. The quantitative estimate of drug-likeness (QED) is 0.365. The van der Waals surface area contributed by atoms with Crippen molar-refractivity contribution in [1.82, 2.24) is 0 Å². The predicted octanol–water partition coefficient (Wildman–Crippen LogP) is 0.504. The fourth-order valence-electron chi connectivity index (χ4n) is 0.707. The number of esters is 1. The normalized spacial score (nSPS) is 27.5. The fraction of sp³-hybridized carbons (Fsp3) is 0.571. The molecule has 1 aliphatic rings. The molecule has 3 nitrogen and oxygen atoms in total. The molecule has 1 saturated heterocycles. The average molecular weight is 142 g/mol. The van der Waals surface area contributed by atoms with Gasteiger partial charge in [0, 0.05) is 0 Å². The molecule has 10 heavy (non-hydrogen) atoms. The maximum atomic E-state index is 10.8. The Labute approximate surface area is 59.6 Å². The van der Waals surface area contributed by atoms with Gasteiger partial charge in [0.25, 0.3) is 0 Å². The molecule has 0 bridgehead atoms. The number of rotatable bonds is 0. The standard InChI is InChI=1S/C7H10O3/c1-5-3-9-4-6(2)10-7(5)8/h6H,1,3-4H2,2H3. The molecule has 1 fully saturated rings. The van der Waals surface area contributed by atoms with E-state index in [1.807, 2.05) is 0 Å². The van der Waals surface area contributed by atoms with Crippen LogP contribution in [0.4, 0.5) is 0 Å². The molecule has 0 aromatic heterocycles. The van der Waals surface area contributed by atoms with Crippen molar-refractivity contribution in [2.24, 2.45) is 0 Å².